The molecule has 1 aromatic carbocycles. The van der Waals surface area contributed by atoms with Crippen molar-refractivity contribution in [3.05, 3.63) is 58.9 Å². The number of carbonyl (C=O) groups is 1. The number of likely N-dealkylation sites (tertiary alicyclic amines) is 1. The van der Waals surface area contributed by atoms with Crippen molar-refractivity contribution in [2.24, 2.45) is 10.1 Å². The van der Waals surface area contributed by atoms with Crippen LogP contribution in [-0.2, 0) is 4.79 Å². The number of hydrogen-bond acceptors (Lipinski definition) is 5. The Bertz CT molecular complexity index is 1150. The summed E-state index contributed by atoms with van der Waals surface area (Å²) < 4.78 is 2.15. The molecule has 31 heavy (non-hydrogen) atoms. The Balaban J connectivity index is 1.48. The van der Waals surface area contributed by atoms with Crippen LogP contribution < -0.4 is 0 Å². The van der Waals surface area contributed by atoms with Crippen LogP contribution in [0.4, 0.5) is 0 Å². The summed E-state index contributed by atoms with van der Waals surface area (Å²) in [7, 11) is 0. The highest BCUT2D eigenvalue weighted by molar-refractivity contribution is 8.26. The molecule has 5 rings (SSSR count). The highest BCUT2D eigenvalue weighted by Gasteiger charge is 2.37. The number of aliphatic imine (C=N–C) groups is 1. The van der Waals surface area contributed by atoms with Crippen molar-refractivity contribution in [2.45, 2.75) is 33.1 Å². The summed E-state index contributed by atoms with van der Waals surface area (Å²) in [6.07, 6.45) is 5.29. The van der Waals surface area contributed by atoms with E-state index in [2.05, 4.69) is 31.7 Å². The van der Waals surface area contributed by atoms with Gasteiger partial charge in [-0.15, -0.1) is 5.10 Å². The predicted octanol–water partition coefficient (Wildman–Crippen LogP) is 4.16. The van der Waals surface area contributed by atoms with Crippen LogP contribution in [0.25, 0.3) is 11.8 Å². The zero-order valence-electron chi connectivity index (χ0n) is 17.6. The van der Waals surface area contributed by atoms with Gasteiger partial charge in [0.05, 0.1) is 5.57 Å². The summed E-state index contributed by atoms with van der Waals surface area (Å²) in [4.78, 5) is 19.3. The molecule has 1 amide bonds. The molecule has 4 heterocycles. The van der Waals surface area contributed by atoms with E-state index in [1.165, 1.54) is 23.2 Å². The molecule has 0 atom stereocenters. The smallest absolute Gasteiger partial charge is 0.283 e. The minimum Gasteiger partial charge on any atom is -0.349 e. The van der Waals surface area contributed by atoms with Gasteiger partial charge < -0.3 is 9.47 Å². The largest absolute Gasteiger partial charge is 0.349 e. The standard InChI is InChI=1S/C23H24N6OS/c1-15-13-17(16(2)28(15)18-9-5-3-6-10-18)14-19-20(24)29-22(25-21(19)30)31-23(26-29)27-11-7-4-8-12-27/h3,5-6,9-10,13-14,24H,4,7-8,11-12H2,1-2H3/b19-14-,24-20?. The quantitative estimate of drug-likeness (QED) is 0.723. The van der Waals surface area contributed by atoms with Crippen molar-refractivity contribution in [1.82, 2.24) is 14.5 Å². The average Bonchev–Trinajstić information content (AvgIpc) is 3.33. The summed E-state index contributed by atoms with van der Waals surface area (Å²) >= 11 is 1.38. The molecule has 1 aromatic heterocycles. The van der Waals surface area contributed by atoms with Crippen LogP contribution in [-0.4, -0.2) is 49.6 Å². The van der Waals surface area contributed by atoms with Crippen LogP contribution >= 0.6 is 11.8 Å². The topological polar surface area (TPSA) is 77.1 Å². The molecule has 1 saturated heterocycles. The number of hydrogen-bond donors (Lipinski definition) is 1. The fourth-order valence-electron chi connectivity index (χ4n) is 4.26. The third-order valence-corrected chi connectivity index (χ3v) is 6.82. The van der Waals surface area contributed by atoms with Crippen molar-refractivity contribution in [2.75, 3.05) is 13.1 Å². The Hall–Kier alpha value is -3.13. The summed E-state index contributed by atoms with van der Waals surface area (Å²) in [5, 5.41) is 16.1. The lowest BCUT2D eigenvalue weighted by atomic mass is 10.1. The Morgan fingerprint density at radius 2 is 1.81 bits per heavy atom. The van der Waals surface area contributed by atoms with Gasteiger partial charge in [0.1, 0.15) is 0 Å². The maximum atomic E-state index is 12.8. The van der Waals surface area contributed by atoms with E-state index in [0.717, 1.165) is 53.7 Å². The van der Waals surface area contributed by atoms with Crippen molar-refractivity contribution < 1.29 is 4.79 Å². The lowest BCUT2D eigenvalue weighted by Gasteiger charge is -2.26. The molecule has 0 bridgehead atoms. The summed E-state index contributed by atoms with van der Waals surface area (Å²) in [5.74, 6) is -0.303. The van der Waals surface area contributed by atoms with Crippen LogP contribution in [0.2, 0.25) is 0 Å². The van der Waals surface area contributed by atoms with Crippen LogP contribution in [0.5, 0.6) is 0 Å². The third-order valence-electron chi connectivity index (χ3n) is 5.85. The summed E-state index contributed by atoms with van der Waals surface area (Å²) in [5.41, 5.74) is 4.32. The van der Waals surface area contributed by atoms with E-state index in [4.69, 9.17) is 5.41 Å². The van der Waals surface area contributed by atoms with Gasteiger partial charge in [-0.25, -0.2) is 0 Å². The molecule has 1 fully saturated rings. The molecule has 0 aliphatic carbocycles. The number of para-hydroxylation sites is 1. The van der Waals surface area contributed by atoms with Gasteiger partial charge in [0.25, 0.3) is 5.91 Å². The Kier molecular flexibility index (Phi) is 5.02. The second-order valence-electron chi connectivity index (χ2n) is 7.95. The highest BCUT2D eigenvalue weighted by atomic mass is 32.2. The number of piperidine rings is 1. The van der Waals surface area contributed by atoms with E-state index in [9.17, 15) is 4.79 Å². The first kappa shape index (κ1) is 19.8. The molecular formula is C23H24N6OS. The molecule has 0 unspecified atom stereocenters. The fourth-order valence-corrected chi connectivity index (χ4v) is 5.20. The molecule has 158 valence electrons. The van der Waals surface area contributed by atoms with Gasteiger partial charge >= 0.3 is 0 Å². The second kappa shape index (κ2) is 7.85. The molecule has 0 saturated carbocycles. The van der Waals surface area contributed by atoms with E-state index in [-0.39, 0.29) is 17.3 Å². The number of amides is 1. The number of carbonyl (C=O) groups excluding carboxylic acids is 1. The van der Waals surface area contributed by atoms with E-state index in [0.29, 0.717) is 5.17 Å². The van der Waals surface area contributed by atoms with Crippen LogP contribution in [0.1, 0.15) is 36.2 Å². The minimum absolute atomic E-state index is 0.0824. The van der Waals surface area contributed by atoms with Crippen molar-refractivity contribution in [3.63, 3.8) is 0 Å². The van der Waals surface area contributed by atoms with Gasteiger partial charge in [-0.05, 0) is 74.7 Å². The van der Waals surface area contributed by atoms with Crippen LogP contribution in [0, 0.1) is 19.3 Å². The molecule has 7 nitrogen and oxygen atoms in total. The van der Waals surface area contributed by atoms with Gasteiger partial charge in [-0.1, -0.05) is 18.2 Å². The van der Waals surface area contributed by atoms with Crippen LogP contribution in [0.15, 0.2) is 52.1 Å². The molecule has 0 spiro atoms. The van der Waals surface area contributed by atoms with E-state index in [1.54, 1.807) is 6.08 Å². The number of nitrogens with zero attached hydrogens (tertiary/aromatic N) is 5. The number of hydrazone groups is 1. The monoisotopic (exact) mass is 432 g/mol. The average molecular weight is 433 g/mol. The first-order chi connectivity index (χ1) is 15.0. The lowest BCUT2D eigenvalue weighted by Crippen LogP contribution is -2.35. The SMILES string of the molecule is Cc1cc(/C=C2/C(=N)N3N=C(N4CCCCC4)SC3=NC2=O)c(C)n1-c1ccccc1. The lowest BCUT2D eigenvalue weighted by molar-refractivity contribution is -0.114. The number of benzene rings is 1. The maximum Gasteiger partial charge on any atom is 0.283 e. The Morgan fingerprint density at radius 3 is 2.55 bits per heavy atom. The number of aryl methyl sites for hydroxylation is 1. The Labute approximate surface area is 185 Å². The molecule has 0 radical (unpaired) electrons. The van der Waals surface area contributed by atoms with E-state index < -0.39 is 0 Å². The van der Waals surface area contributed by atoms with E-state index in [1.807, 2.05) is 38.1 Å². The number of rotatable bonds is 2. The molecule has 2 aromatic rings. The number of thioether (sulfide) groups is 1. The van der Waals surface area contributed by atoms with E-state index >= 15 is 0 Å². The molecule has 3 aliphatic heterocycles. The first-order valence-corrected chi connectivity index (χ1v) is 11.3. The van der Waals surface area contributed by atoms with Gasteiger partial charge in [0.15, 0.2) is 11.0 Å². The zero-order chi connectivity index (χ0) is 21.5. The van der Waals surface area contributed by atoms with Crippen molar-refractivity contribution >= 4 is 39.9 Å². The Morgan fingerprint density at radius 1 is 1.06 bits per heavy atom. The zero-order valence-corrected chi connectivity index (χ0v) is 18.4. The first-order valence-electron chi connectivity index (χ1n) is 10.5. The molecule has 1 N–H and O–H groups in total. The summed E-state index contributed by atoms with van der Waals surface area (Å²) in [6.45, 7) is 5.99. The highest BCUT2D eigenvalue weighted by Crippen LogP contribution is 2.31. The number of amidine groups is 3. The minimum atomic E-state index is -0.386. The molecule has 8 heteroatoms. The van der Waals surface area contributed by atoms with Crippen LogP contribution in [0.3, 0.4) is 0 Å². The number of fused-ring (bicyclic) bond motifs is 1. The van der Waals surface area contributed by atoms with Gasteiger partial charge in [-0.3, -0.25) is 10.2 Å². The van der Waals surface area contributed by atoms with Gasteiger partial charge in [0.2, 0.25) is 5.17 Å². The third kappa shape index (κ3) is 3.50. The fraction of sp³-hybridized carbons (Fsp3) is 0.304. The molecular weight excluding hydrogens is 408 g/mol. The second-order valence-corrected chi connectivity index (χ2v) is 8.88. The van der Waals surface area contributed by atoms with Gasteiger partial charge in [0, 0.05) is 30.2 Å². The van der Waals surface area contributed by atoms with Crippen molar-refractivity contribution in [3.8, 4) is 5.69 Å². The normalized spacial score (nSPS) is 20.3. The van der Waals surface area contributed by atoms with Crippen molar-refractivity contribution in [1.29, 1.82) is 5.41 Å². The number of aromatic nitrogens is 1. The maximum absolute atomic E-state index is 12.8. The molecule has 3 aliphatic rings. The van der Waals surface area contributed by atoms with Gasteiger partial charge in [-0.2, -0.15) is 10.0 Å². The number of nitrogens with one attached hydrogen (secondary N) is 1. The summed E-state index contributed by atoms with van der Waals surface area (Å²) in [6, 6.07) is 12.2. The predicted molar refractivity (Wildman–Crippen MR) is 126 cm³/mol.